The van der Waals surface area contributed by atoms with Crippen molar-refractivity contribution >= 4 is 22.5 Å². The van der Waals surface area contributed by atoms with Crippen LogP contribution in [0.2, 0.25) is 0 Å². The van der Waals surface area contributed by atoms with Gasteiger partial charge in [0.25, 0.3) is 0 Å². The second-order valence-electron chi connectivity index (χ2n) is 7.28. The second-order valence-corrected chi connectivity index (χ2v) is 7.28. The molecule has 1 heterocycles. The number of carbonyl (C=O) groups is 2. The van der Waals surface area contributed by atoms with E-state index in [1.807, 2.05) is 39.8 Å². The molecule has 2 aromatic rings. The number of furan rings is 1. The molecule has 0 radical (unpaired) electrons. The number of likely N-dealkylation sites (N-methyl/N-ethyl adjacent to an activating group) is 1. The quantitative estimate of drug-likeness (QED) is 0.753. The van der Waals surface area contributed by atoms with Crippen LogP contribution in [0.3, 0.4) is 0 Å². The number of hydrogen-bond acceptors (Lipinski definition) is 5. The Kier molecular flexibility index (Phi) is 5.13. The Morgan fingerprint density at radius 1 is 1.17 bits per heavy atom. The summed E-state index contributed by atoms with van der Waals surface area (Å²) < 4.78 is 11.5. The molecule has 1 aromatic carbocycles. The molecule has 0 saturated carbocycles. The second kappa shape index (κ2) is 6.77. The van der Waals surface area contributed by atoms with E-state index >= 15 is 0 Å². The molecule has 1 aromatic heterocycles. The Balaban J connectivity index is 2.41. The van der Waals surface area contributed by atoms with E-state index in [1.165, 1.54) is 6.92 Å². The monoisotopic (exact) mass is 331 g/mol. The summed E-state index contributed by atoms with van der Waals surface area (Å²) in [6.45, 7) is 8.24. The van der Waals surface area contributed by atoms with Crippen molar-refractivity contribution in [2.24, 2.45) is 5.41 Å². The third-order valence-electron chi connectivity index (χ3n) is 3.70. The third kappa shape index (κ3) is 4.03. The van der Waals surface area contributed by atoms with Gasteiger partial charge in [0.05, 0.1) is 5.56 Å². The Morgan fingerprint density at radius 3 is 2.38 bits per heavy atom. The fourth-order valence-corrected chi connectivity index (χ4v) is 2.28. The summed E-state index contributed by atoms with van der Waals surface area (Å²) >= 11 is 0. The highest BCUT2D eigenvalue weighted by atomic mass is 16.5. The molecule has 0 saturated heterocycles. The molecule has 0 unspecified atom stereocenters. The van der Waals surface area contributed by atoms with E-state index in [4.69, 9.17) is 9.15 Å². The number of hydrogen-bond donors (Lipinski definition) is 0. The molecule has 0 aliphatic heterocycles. The Morgan fingerprint density at radius 2 is 1.83 bits per heavy atom. The number of benzene rings is 1. The highest BCUT2D eigenvalue weighted by molar-refractivity contribution is 6.04. The van der Waals surface area contributed by atoms with Crippen molar-refractivity contribution in [2.45, 2.75) is 27.7 Å². The van der Waals surface area contributed by atoms with Crippen molar-refractivity contribution in [3.8, 4) is 5.75 Å². The highest BCUT2D eigenvalue weighted by Gasteiger charge is 2.26. The predicted octanol–water partition coefficient (Wildman–Crippen LogP) is 3.80. The van der Waals surface area contributed by atoms with Crippen molar-refractivity contribution in [1.82, 2.24) is 4.90 Å². The van der Waals surface area contributed by atoms with E-state index in [-0.39, 0.29) is 11.6 Å². The smallest absolute Gasteiger partial charge is 0.203 e. The Bertz CT molecular complexity index is 766. The maximum Gasteiger partial charge on any atom is 0.203 e. The number of nitrogens with zero attached hydrogens (tertiary/aromatic N) is 1. The van der Waals surface area contributed by atoms with Crippen LogP contribution in [0, 0.1) is 5.41 Å². The fourth-order valence-electron chi connectivity index (χ4n) is 2.28. The van der Waals surface area contributed by atoms with E-state index in [0.29, 0.717) is 29.3 Å². The van der Waals surface area contributed by atoms with Crippen molar-refractivity contribution in [1.29, 1.82) is 0 Å². The van der Waals surface area contributed by atoms with Gasteiger partial charge >= 0.3 is 0 Å². The number of ether oxygens (including phenoxy) is 1. The topological polar surface area (TPSA) is 59.8 Å². The maximum absolute atomic E-state index is 12.4. The lowest BCUT2D eigenvalue weighted by Crippen LogP contribution is -2.20. The largest absolute Gasteiger partial charge is 0.491 e. The molecular formula is C19H25NO4. The van der Waals surface area contributed by atoms with Crippen LogP contribution in [0.5, 0.6) is 5.75 Å². The fraction of sp³-hybridized carbons (Fsp3) is 0.474. The third-order valence-corrected chi connectivity index (χ3v) is 3.70. The maximum atomic E-state index is 12.4. The molecule has 2 rings (SSSR count). The molecule has 5 nitrogen and oxygen atoms in total. The van der Waals surface area contributed by atoms with E-state index in [0.717, 1.165) is 11.9 Å². The molecule has 130 valence electrons. The van der Waals surface area contributed by atoms with Gasteiger partial charge in [-0.1, -0.05) is 20.8 Å². The van der Waals surface area contributed by atoms with Crippen LogP contribution in [0.25, 0.3) is 11.0 Å². The first kappa shape index (κ1) is 18.2. The van der Waals surface area contributed by atoms with Crippen molar-refractivity contribution in [3.05, 3.63) is 29.5 Å². The number of ketones is 2. The summed E-state index contributed by atoms with van der Waals surface area (Å²) in [5.41, 5.74) is 0.520. The predicted molar refractivity (Wildman–Crippen MR) is 94.1 cm³/mol. The zero-order valence-electron chi connectivity index (χ0n) is 15.2. The van der Waals surface area contributed by atoms with Gasteiger partial charge in [-0.05, 0) is 33.2 Å². The molecular weight excluding hydrogens is 306 g/mol. The number of carbonyl (C=O) groups excluding carboxylic acids is 2. The van der Waals surface area contributed by atoms with E-state index in [2.05, 4.69) is 0 Å². The first-order valence-corrected chi connectivity index (χ1v) is 8.00. The number of fused-ring (bicyclic) bond motifs is 1. The van der Waals surface area contributed by atoms with Gasteiger partial charge in [-0.2, -0.15) is 0 Å². The van der Waals surface area contributed by atoms with Gasteiger partial charge in [-0.15, -0.1) is 0 Å². The normalized spacial score (nSPS) is 12.0. The van der Waals surface area contributed by atoms with Gasteiger partial charge in [-0.3, -0.25) is 9.59 Å². The Hall–Kier alpha value is -2.14. The van der Waals surface area contributed by atoms with Crippen LogP contribution in [-0.2, 0) is 0 Å². The summed E-state index contributed by atoms with van der Waals surface area (Å²) in [6.07, 6.45) is 0. The molecule has 0 bridgehead atoms. The van der Waals surface area contributed by atoms with Crippen molar-refractivity contribution in [2.75, 3.05) is 27.2 Å². The lowest BCUT2D eigenvalue weighted by molar-refractivity contribution is 0.0830. The van der Waals surface area contributed by atoms with Crippen LogP contribution < -0.4 is 4.74 Å². The minimum absolute atomic E-state index is 0.0712. The Labute approximate surface area is 142 Å². The summed E-state index contributed by atoms with van der Waals surface area (Å²) in [6, 6.07) is 5.12. The molecule has 5 heteroatoms. The summed E-state index contributed by atoms with van der Waals surface area (Å²) in [5, 5.41) is 0.729. The SMILES string of the molecule is CC(=O)c1cc2cc(C(=O)C(C)(C)C)oc2cc1OCCN(C)C. The average Bonchev–Trinajstić information content (AvgIpc) is 2.86. The first-order chi connectivity index (χ1) is 11.1. The van der Waals surface area contributed by atoms with Gasteiger partial charge in [0.15, 0.2) is 11.5 Å². The standard InChI is InChI=1S/C19H25NO4/c1-12(21)14-9-13-10-17(18(22)19(2,3)4)24-15(13)11-16(14)23-8-7-20(5)6/h9-11H,7-8H2,1-6H3. The van der Waals surface area contributed by atoms with Crippen molar-refractivity contribution < 1.29 is 18.7 Å². The van der Waals surface area contributed by atoms with Crippen LogP contribution in [0.1, 0.15) is 48.6 Å². The lowest BCUT2D eigenvalue weighted by atomic mass is 9.89. The summed E-state index contributed by atoms with van der Waals surface area (Å²) in [5.74, 6) is 0.637. The number of Topliss-reactive ketones (excluding diaryl/α,β-unsaturated/α-hetero) is 2. The minimum atomic E-state index is -0.525. The van der Waals surface area contributed by atoms with Crippen molar-refractivity contribution in [3.63, 3.8) is 0 Å². The van der Waals surface area contributed by atoms with E-state index in [9.17, 15) is 9.59 Å². The molecule has 0 aliphatic rings. The van der Waals surface area contributed by atoms with Gasteiger partial charge in [0, 0.05) is 23.4 Å². The molecule has 0 N–H and O–H groups in total. The first-order valence-electron chi connectivity index (χ1n) is 8.00. The zero-order chi connectivity index (χ0) is 18.1. The van der Waals surface area contributed by atoms with Gasteiger partial charge < -0.3 is 14.1 Å². The number of rotatable bonds is 6. The van der Waals surface area contributed by atoms with E-state index in [1.54, 1.807) is 18.2 Å². The zero-order valence-corrected chi connectivity index (χ0v) is 15.2. The summed E-state index contributed by atoms with van der Waals surface area (Å²) in [4.78, 5) is 26.3. The van der Waals surface area contributed by atoms with Gasteiger partial charge in [0.2, 0.25) is 5.78 Å². The average molecular weight is 331 g/mol. The molecule has 0 fully saturated rings. The van der Waals surface area contributed by atoms with Crippen LogP contribution >= 0.6 is 0 Å². The van der Waals surface area contributed by atoms with E-state index < -0.39 is 5.41 Å². The molecule has 24 heavy (non-hydrogen) atoms. The molecule has 0 amide bonds. The molecule has 0 atom stereocenters. The lowest BCUT2D eigenvalue weighted by Gasteiger charge is -2.13. The van der Waals surface area contributed by atoms with Gasteiger partial charge in [0.1, 0.15) is 17.9 Å². The minimum Gasteiger partial charge on any atom is -0.491 e. The van der Waals surface area contributed by atoms with Gasteiger partial charge in [-0.25, -0.2) is 0 Å². The molecule has 0 spiro atoms. The molecule has 0 aliphatic carbocycles. The van der Waals surface area contributed by atoms with Crippen LogP contribution in [-0.4, -0.2) is 43.7 Å². The summed E-state index contributed by atoms with van der Waals surface area (Å²) in [7, 11) is 3.91. The highest BCUT2D eigenvalue weighted by Crippen LogP contribution is 2.31. The van der Waals surface area contributed by atoms with Crippen LogP contribution in [0.4, 0.5) is 0 Å². The van der Waals surface area contributed by atoms with Crippen LogP contribution in [0.15, 0.2) is 22.6 Å².